The normalized spacial score (nSPS) is 11.9. The van der Waals surface area contributed by atoms with E-state index in [2.05, 4.69) is 0 Å². The standard InChI is InChI=1S/C4H10O3PTe/c1-3-6-8(5,9)7-4-2/h3-4H2,1-2H3. The van der Waals surface area contributed by atoms with Crippen molar-refractivity contribution in [1.82, 2.24) is 0 Å². The molecule has 0 aromatic carbocycles. The van der Waals surface area contributed by atoms with Crippen molar-refractivity contribution in [3.63, 3.8) is 0 Å². The fourth-order valence-electron chi connectivity index (χ4n) is 0.353. The van der Waals surface area contributed by atoms with Crippen LogP contribution in [-0.2, 0) is 13.6 Å². The van der Waals surface area contributed by atoms with Crippen LogP contribution in [0, 0.1) is 0 Å². The van der Waals surface area contributed by atoms with E-state index in [0.717, 1.165) is 0 Å². The fraction of sp³-hybridized carbons (Fsp3) is 1.00. The molecule has 9 heavy (non-hydrogen) atoms. The first-order valence-corrected chi connectivity index (χ1v) is 7.31. The first kappa shape index (κ1) is 9.94. The summed E-state index contributed by atoms with van der Waals surface area (Å²) in [5.74, 6) is 0. The van der Waals surface area contributed by atoms with E-state index in [4.69, 9.17) is 9.05 Å². The molecule has 55 valence electrons. The summed E-state index contributed by atoms with van der Waals surface area (Å²) in [6.45, 7) is 4.46. The maximum absolute atomic E-state index is 11.0. The van der Waals surface area contributed by atoms with Gasteiger partial charge in [-0.05, 0) is 0 Å². The molecule has 0 spiro atoms. The van der Waals surface area contributed by atoms with Crippen molar-refractivity contribution in [3.8, 4) is 0 Å². The van der Waals surface area contributed by atoms with Crippen LogP contribution in [0.1, 0.15) is 13.8 Å². The van der Waals surface area contributed by atoms with E-state index in [1.54, 1.807) is 13.8 Å². The van der Waals surface area contributed by atoms with Crippen molar-refractivity contribution in [1.29, 1.82) is 0 Å². The summed E-state index contributed by atoms with van der Waals surface area (Å²) < 4.78 is 20.6. The van der Waals surface area contributed by atoms with Gasteiger partial charge < -0.3 is 0 Å². The molecule has 3 nitrogen and oxygen atoms in total. The van der Waals surface area contributed by atoms with Gasteiger partial charge in [0.1, 0.15) is 0 Å². The summed E-state index contributed by atoms with van der Waals surface area (Å²) in [4.78, 5) is 0. The molecule has 0 atom stereocenters. The molecule has 0 aromatic rings. The van der Waals surface area contributed by atoms with Gasteiger partial charge in [0.15, 0.2) is 0 Å². The van der Waals surface area contributed by atoms with Gasteiger partial charge in [-0.2, -0.15) is 0 Å². The summed E-state index contributed by atoms with van der Waals surface area (Å²) in [6, 6.07) is 0. The quantitative estimate of drug-likeness (QED) is 0.568. The summed E-state index contributed by atoms with van der Waals surface area (Å²) in [5, 5.41) is -2.68. The molecule has 0 fully saturated rings. The second-order valence-electron chi connectivity index (χ2n) is 1.28. The maximum atomic E-state index is 11.0. The molecule has 1 radical (unpaired) electrons. The molecule has 5 heteroatoms. The Bertz CT molecular complexity index is 106. The van der Waals surface area contributed by atoms with Crippen LogP contribution >= 0.6 is 5.29 Å². The zero-order valence-electron chi connectivity index (χ0n) is 5.49. The zero-order valence-corrected chi connectivity index (χ0v) is 8.72. The molecule has 0 rings (SSSR count). The number of hydrogen-bond donors (Lipinski definition) is 0. The van der Waals surface area contributed by atoms with Crippen LogP contribution in [0.25, 0.3) is 0 Å². The minimum absolute atomic E-state index is 0.441. The van der Waals surface area contributed by atoms with Crippen LogP contribution in [0.2, 0.25) is 0 Å². The van der Waals surface area contributed by atoms with Crippen LogP contribution in [0.3, 0.4) is 0 Å². The zero-order chi connectivity index (χ0) is 7.33. The molecule has 0 aliphatic heterocycles. The van der Waals surface area contributed by atoms with Crippen molar-refractivity contribution in [2.45, 2.75) is 13.8 Å². The molecule has 0 unspecified atom stereocenters. The van der Waals surface area contributed by atoms with Crippen LogP contribution in [-0.4, -0.2) is 35.0 Å². The Morgan fingerprint density at radius 1 is 1.33 bits per heavy atom. The second kappa shape index (κ2) is 4.71. The van der Waals surface area contributed by atoms with E-state index >= 15 is 0 Å². The molecule has 0 aliphatic rings. The summed E-state index contributed by atoms with van der Waals surface area (Å²) in [6.07, 6.45) is 0. The minimum atomic E-state index is -2.68. The summed E-state index contributed by atoms with van der Waals surface area (Å²) >= 11 is 1.40. The molecule has 0 aliphatic carbocycles. The van der Waals surface area contributed by atoms with Crippen molar-refractivity contribution in [2.75, 3.05) is 13.2 Å². The first-order valence-electron chi connectivity index (χ1n) is 2.72. The van der Waals surface area contributed by atoms with Gasteiger partial charge in [-0.3, -0.25) is 0 Å². The summed E-state index contributed by atoms with van der Waals surface area (Å²) in [5.41, 5.74) is 0. The van der Waals surface area contributed by atoms with E-state index in [-0.39, 0.29) is 0 Å². The van der Waals surface area contributed by atoms with E-state index < -0.39 is 5.29 Å². The van der Waals surface area contributed by atoms with Crippen molar-refractivity contribution in [3.05, 3.63) is 0 Å². The molecule has 0 saturated carbocycles. The van der Waals surface area contributed by atoms with E-state index in [1.165, 1.54) is 21.7 Å². The Morgan fingerprint density at radius 3 is 1.89 bits per heavy atom. The van der Waals surface area contributed by atoms with Crippen LogP contribution in [0.5, 0.6) is 0 Å². The predicted octanol–water partition coefficient (Wildman–Crippen LogP) is 1.34. The van der Waals surface area contributed by atoms with Gasteiger partial charge in [0.25, 0.3) is 0 Å². The third-order valence-electron chi connectivity index (χ3n) is 0.574. The van der Waals surface area contributed by atoms with E-state index in [0.29, 0.717) is 13.2 Å². The first-order chi connectivity index (χ1) is 4.12. The van der Waals surface area contributed by atoms with Gasteiger partial charge in [-0.25, -0.2) is 0 Å². The van der Waals surface area contributed by atoms with Gasteiger partial charge in [0.05, 0.1) is 0 Å². The van der Waals surface area contributed by atoms with Crippen molar-refractivity contribution >= 4 is 27.0 Å². The van der Waals surface area contributed by atoms with Crippen molar-refractivity contribution in [2.24, 2.45) is 0 Å². The van der Waals surface area contributed by atoms with Gasteiger partial charge in [-0.15, -0.1) is 0 Å². The fourth-order valence-corrected chi connectivity index (χ4v) is 2.87. The molecular formula is C4H10O3PTe. The Hall–Kier alpha value is 0.940. The average molecular weight is 265 g/mol. The SMILES string of the molecule is CCOP(=O)([Te])OCC. The van der Waals surface area contributed by atoms with Gasteiger partial charge in [0, 0.05) is 0 Å². The van der Waals surface area contributed by atoms with Crippen LogP contribution < -0.4 is 0 Å². The molecule has 0 saturated heterocycles. The Labute approximate surface area is 67.9 Å². The van der Waals surface area contributed by atoms with Crippen molar-refractivity contribution < 1.29 is 13.6 Å². The third-order valence-corrected chi connectivity index (χ3v) is 3.53. The molecular weight excluding hydrogens is 255 g/mol. The molecule has 0 heterocycles. The number of hydrogen-bond acceptors (Lipinski definition) is 3. The molecule has 0 amide bonds. The Balaban J connectivity index is 3.58. The predicted molar refractivity (Wildman–Crippen MR) is 36.6 cm³/mol. The topological polar surface area (TPSA) is 35.5 Å². The molecule has 0 N–H and O–H groups in total. The van der Waals surface area contributed by atoms with Gasteiger partial charge in [0.2, 0.25) is 0 Å². The third kappa shape index (κ3) is 5.39. The molecule has 0 aromatic heterocycles. The Morgan fingerprint density at radius 2 is 1.67 bits per heavy atom. The second-order valence-corrected chi connectivity index (χ2v) is 6.52. The van der Waals surface area contributed by atoms with Gasteiger partial charge >= 0.3 is 67.7 Å². The van der Waals surface area contributed by atoms with Crippen LogP contribution in [0.15, 0.2) is 0 Å². The number of rotatable bonds is 4. The van der Waals surface area contributed by atoms with E-state index in [9.17, 15) is 4.57 Å². The van der Waals surface area contributed by atoms with E-state index in [1.807, 2.05) is 0 Å². The summed E-state index contributed by atoms with van der Waals surface area (Å²) in [7, 11) is 0. The average Bonchev–Trinajstić information content (AvgIpc) is 1.64. The monoisotopic (exact) mass is 267 g/mol. The van der Waals surface area contributed by atoms with Crippen LogP contribution in [0.4, 0.5) is 0 Å². The van der Waals surface area contributed by atoms with Gasteiger partial charge in [-0.1, -0.05) is 0 Å². The molecule has 0 bridgehead atoms. The Kier molecular flexibility index (Phi) is 5.20.